The third-order valence-electron chi connectivity index (χ3n) is 4.93. The molecule has 0 aliphatic carbocycles. The highest BCUT2D eigenvalue weighted by atomic mass is 16.5. The van der Waals surface area contributed by atoms with Crippen molar-refractivity contribution in [3.8, 4) is 16.9 Å². The molecule has 6 nitrogen and oxygen atoms in total. The van der Waals surface area contributed by atoms with Crippen LogP contribution < -0.4 is 10.1 Å². The van der Waals surface area contributed by atoms with Crippen molar-refractivity contribution in [1.29, 1.82) is 0 Å². The first-order valence-corrected chi connectivity index (χ1v) is 9.90. The first-order valence-electron chi connectivity index (χ1n) is 9.90. The first kappa shape index (κ1) is 18.9. The van der Waals surface area contributed by atoms with Gasteiger partial charge in [-0.15, -0.1) is 0 Å². The van der Waals surface area contributed by atoms with Crippen molar-refractivity contribution in [2.75, 3.05) is 26.3 Å². The molecule has 3 aromatic rings. The van der Waals surface area contributed by atoms with Crippen LogP contribution >= 0.6 is 0 Å². The average Bonchev–Trinajstić information content (AvgIpc) is 3.05. The van der Waals surface area contributed by atoms with Crippen molar-refractivity contribution < 1.29 is 9.47 Å². The van der Waals surface area contributed by atoms with Crippen LogP contribution in [0.1, 0.15) is 27.2 Å². The van der Waals surface area contributed by atoms with Crippen LogP contribution in [0.4, 0.5) is 0 Å². The van der Waals surface area contributed by atoms with Crippen molar-refractivity contribution in [3.63, 3.8) is 0 Å². The van der Waals surface area contributed by atoms with E-state index in [-0.39, 0.29) is 11.6 Å². The standard InChI is InChI=1S/C22H28N4O2/c1-22(2,3)26-14-17(12-25-26)16-10-20-19(6-4-8-24-20)21(11-16)28-15-18-13-23-7-5-9-27-18/h4,6,8,10-12,14,18,23H,5,7,9,13,15H2,1-3H3/t18-/m0/s1. The molecule has 3 heterocycles. The summed E-state index contributed by atoms with van der Waals surface area (Å²) in [6.07, 6.45) is 6.88. The zero-order valence-electron chi connectivity index (χ0n) is 16.8. The molecular formula is C22H28N4O2. The van der Waals surface area contributed by atoms with Gasteiger partial charge >= 0.3 is 0 Å². The summed E-state index contributed by atoms with van der Waals surface area (Å²) in [5.74, 6) is 0.831. The molecule has 0 bridgehead atoms. The predicted octanol–water partition coefficient (Wildman–Crippen LogP) is 3.61. The lowest BCUT2D eigenvalue weighted by molar-refractivity contribution is 0.0328. The van der Waals surface area contributed by atoms with Gasteiger partial charge in [0, 0.05) is 36.5 Å². The van der Waals surface area contributed by atoms with Crippen LogP contribution in [0.5, 0.6) is 5.75 Å². The molecule has 0 saturated carbocycles. The van der Waals surface area contributed by atoms with Gasteiger partial charge < -0.3 is 14.8 Å². The molecular weight excluding hydrogens is 352 g/mol. The minimum atomic E-state index is -0.0590. The van der Waals surface area contributed by atoms with Crippen LogP contribution in [-0.2, 0) is 10.3 Å². The number of nitrogens with zero attached hydrogens (tertiary/aromatic N) is 3. The number of aromatic nitrogens is 3. The molecule has 1 N–H and O–H groups in total. The number of hydrogen-bond donors (Lipinski definition) is 1. The number of nitrogens with one attached hydrogen (secondary N) is 1. The van der Waals surface area contributed by atoms with Gasteiger partial charge in [0.15, 0.2) is 0 Å². The number of rotatable bonds is 4. The van der Waals surface area contributed by atoms with Gasteiger partial charge in [-0.05, 0) is 63.6 Å². The van der Waals surface area contributed by atoms with E-state index in [1.54, 1.807) is 0 Å². The van der Waals surface area contributed by atoms with E-state index in [1.807, 2.05) is 29.2 Å². The highest BCUT2D eigenvalue weighted by molar-refractivity contribution is 5.89. The Morgan fingerprint density at radius 3 is 3.00 bits per heavy atom. The fourth-order valence-corrected chi connectivity index (χ4v) is 3.33. The van der Waals surface area contributed by atoms with Gasteiger partial charge in [0.25, 0.3) is 0 Å². The summed E-state index contributed by atoms with van der Waals surface area (Å²) >= 11 is 0. The second kappa shape index (κ2) is 7.89. The Morgan fingerprint density at radius 2 is 2.18 bits per heavy atom. The normalized spacial score (nSPS) is 18.2. The minimum absolute atomic E-state index is 0.0570. The number of pyridine rings is 1. The Balaban J connectivity index is 1.64. The molecule has 148 valence electrons. The van der Waals surface area contributed by atoms with Gasteiger partial charge in [-0.25, -0.2) is 0 Å². The molecule has 0 unspecified atom stereocenters. The second-order valence-corrected chi connectivity index (χ2v) is 8.25. The molecule has 6 heteroatoms. The second-order valence-electron chi connectivity index (χ2n) is 8.25. The van der Waals surface area contributed by atoms with Gasteiger partial charge in [0.05, 0.1) is 17.3 Å². The monoisotopic (exact) mass is 380 g/mol. The van der Waals surface area contributed by atoms with Crippen molar-refractivity contribution in [1.82, 2.24) is 20.1 Å². The molecule has 0 radical (unpaired) electrons. The Hall–Kier alpha value is -2.44. The fourth-order valence-electron chi connectivity index (χ4n) is 3.33. The number of ether oxygens (including phenoxy) is 2. The Bertz CT molecular complexity index is 937. The van der Waals surface area contributed by atoms with Crippen LogP contribution in [0.2, 0.25) is 0 Å². The summed E-state index contributed by atoms with van der Waals surface area (Å²) in [6, 6.07) is 8.16. The minimum Gasteiger partial charge on any atom is -0.490 e. The maximum Gasteiger partial charge on any atom is 0.129 e. The van der Waals surface area contributed by atoms with Crippen molar-refractivity contribution in [3.05, 3.63) is 42.9 Å². The predicted molar refractivity (Wildman–Crippen MR) is 111 cm³/mol. The molecule has 0 amide bonds. The van der Waals surface area contributed by atoms with Gasteiger partial charge in [-0.2, -0.15) is 5.10 Å². The molecule has 4 rings (SSSR count). The van der Waals surface area contributed by atoms with E-state index in [2.05, 4.69) is 54.5 Å². The fraction of sp³-hybridized carbons (Fsp3) is 0.455. The topological polar surface area (TPSA) is 61.2 Å². The van der Waals surface area contributed by atoms with Gasteiger partial charge in [0.1, 0.15) is 18.5 Å². The maximum atomic E-state index is 6.22. The Labute approximate surface area is 165 Å². The highest BCUT2D eigenvalue weighted by Crippen LogP contribution is 2.32. The molecule has 0 spiro atoms. The SMILES string of the molecule is CC(C)(C)n1cc(-c2cc(OC[C@@H]3CNCCCO3)c3cccnc3c2)cn1. The third kappa shape index (κ3) is 4.18. The van der Waals surface area contributed by atoms with E-state index in [1.165, 1.54) is 0 Å². The van der Waals surface area contributed by atoms with Gasteiger partial charge in [0.2, 0.25) is 0 Å². The largest absolute Gasteiger partial charge is 0.490 e. The zero-order chi connectivity index (χ0) is 19.6. The van der Waals surface area contributed by atoms with Crippen LogP contribution in [0.25, 0.3) is 22.0 Å². The number of fused-ring (bicyclic) bond motifs is 1. The zero-order valence-corrected chi connectivity index (χ0v) is 16.8. The lowest BCUT2D eigenvalue weighted by atomic mass is 10.1. The van der Waals surface area contributed by atoms with Crippen LogP contribution in [0, 0.1) is 0 Å². The lowest BCUT2D eigenvalue weighted by Crippen LogP contribution is -2.31. The van der Waals surface area contributed by atoms with E-state index in [0.717, 1.165) is 53.9 Å². The van der Waals surface area contributed by atoms with E-state index in [4.69, 9.17) is 9.47 Å². The lowest BCUT2D eigenvalue weighted by Gasteiger charge is -2.19. The number of hydrogen-bond acceptors (Lipinski definition) is 5. The summed E-state index contributed by atoms with van der Waals surface area (Å²) in [6.45, 7) is 9.52. The van der Waals surface area contributed by atoms with Crippen LogP contribution in [0.15, 0.2) is 42.9 Å². The summed E-state index contributed by atoms with van der Waals surface area (Å²) in [5.41, 5.74) is 2.96. The first-order chi connectivity index (χ1) is 13.5. The summed E-state index contributed by atoms with van der Waals surface area (Å²) in [4.78, 5) is 4.54. The highest BCUT2D eigenvalue weighted by Gasteiger charge is 2.17. The quantitative estimate of drug-likeness (QED) is 0.749. The molecule has 1 aliphatic rings. The summed E-state index contributed by atoms with van der Waals surface area (Å²) in [7, 11) is 0. The Morgan fingerprint density at radius 1 is 1.29 bits per heavy atom. The van der Waals surface area contributed by atoms with E-state index >= 15 is 0 Å². The number of benzene rings is 1. The molecule has 1 atom stereocenters. The average molecular weight is 380 g/mol. The van der Waals surface area contributed by atoms with Crippen molar-refractivity contribution in [2.45, 2.75) is 38.8 Å². The van der Waals surface area contributed by atoms with Crippen molar-refractivity contribution >= 4 is 10.9 Å². The summed E-state index contributed by atoms with van der Waals surface area (Å²) < 4.78 is 14.1. The van der Waals surface area contributed by atoms with E-state index in [9.17, 15) is 0 Å². The van der Waals surface area contributed by atoms with Crippen molar-refractivity contribution in [2.24, 2.45) is 0 Å². The molecule has 1 aliphatic heterocycles. The molecule has 1 aromatic carbocycles. The van der Waals surface area contributed by atoms with E-state index in [0.29, 0.717) is 6.61 Å². The molecule has 2 aromatic heterocycles. The third-order valence-corrected chi connectivity index (χ3v) is 4.93. The Kier molecular flexibility index (Phi) is 5.33. The molecule has 1 fully saturated rings. The van der Waals surface area contributed by atoms with Gasteiger partial charge in [-0.3, -0.25) is 9.67 Å². The van der Waals surface area contributed by atoms with Crippen LogP contribution in [-0.4, -0.2) is 47.2 Å². The van der Waals surface area contributed by atoms with E-state index < -0.39 is 0 Å². The van der Waals surface area contributed by atoms with Crippen LogP contribution in [0.3, 0.4) is 0 Å². The smallest absolute Gasteiger partial charge is 0.129 e. The van der Waals surface area contributed by atoms with Gasteiger partial charge in [-0.1, -0.05) is 0 Å². The maximum absolute atomic E-state index is 6.22. The summed E-state index contributed by atoms with van der Waals surface area (Å²) in [5, 5.41) is 8.94. The molecule has 1 saturated heterocycles. The molecule has 28 heavy (non-hydrogen) atoms.